The fourth-order valence-electron chi connectivity index (χ4n) is 4.82. The third-order valence-electron chi connectivity index (χ3n) is 7.43. The first kappa shape index (κ1) is 35.6. The van der Waals surface area contributed by atoms with Crippen LogP contribution in [0.5, 0.6) is 0 Å². The number of halogens is 4. The van der Waals surface area contributed by atoms with Gasteiger partial charge in [0.2, 0.25) is 0 Å². The molecular formula is C32H36Cl2F2N2O4S2Si. The Bertz CT molecular complexity index is 1750. The molecule has 6 nitrogen and oxygen atoms in total. The first-order chi connectivity index (χ1) is 21.0. The molecule has 13 heteroatoms. The molecule has 0 saturated carbocycles. The van der Waals surface area contributed by atoms with Gasteiger partial charge in [0.15, 0.2) is 15.0 Å². The number of sulfone groups is 1. The lowest BCUT2D eigenvalue weighted by Gasteiger charge is -2.28. The average molecular weight is 714 g/mol. The SMILES string of the molecule is CCc1cc(C(C)(C)c2cnc(SCc3c(F)cc(S(=O)(=O)CCCO[Si](C)(C)O)cc3Cl)n2-c2ccc(F)cc2)ccc1Cl. The predicted molar refractivity (Wildman–Crippen MR) is 180 cm³/mol. The standard InChI is InChI=1S/C32H36Cl2F2N2O4S2Si/c1-6-21-16-22(8-13-27(21)33)32(2,3)30-19-37-31(38(30)24-11-9-23(35)10-12-24)43-20-26-28(34)17-25(18-29(26)36)44(39,40)15-7-14-42-45(4,5)41/h8-13,16-19,41H,6-7,14-15,20H2,1-5H3. The average Bonchev–Trinajstić information content (AvgIpc) is 3.39. The fraction of sp³-hybridized carbons (Fsp3) is 0.344. The zero-order valence-corrected chi connectivity index (χ0v) is 29.8. The van der Waals surface area contributed by atoms with Gasteiger partial charge in [-0.05, 0) is 79.5 Å². The predicted octanol–water partition coefficient (Wildman–Crippen LogP) is 8.51. The molecule has 0 fully saturated rings. The van der Waals surface area contributed by atoms with E-state index >= 15 is 4.39 Å². The van der Waals surface area contributed by atoms with Gasteiger partial charge < -0.3 is 9.22 Å². The summed E-state index contributed by atoms with van der Waals surface area (Å²) in [6.45, 7) is 9.42. The Kier molecular flexibility index (Phi) is 11.3. The van der Waals surface area contributed by atoms with Crippen molar-refractivity contribution in [2.24, 2.45) is 0 Å². The van der Waals surface area contributed by atoms with Crippen molar-refractivity contribution < 1.29 is 26.4 Å². The van der Waals surface area contributed by atoms with Crippen molar-refractivity contribution in [3.8, 4) is 5.69 Å². The van der Waals surface area contributed by atoms with Crippen LogP contribution < -0.4 is 0 Å². The summed E-state index contributed by atoms with van der Waals surface area (Å²) < 4.78 is 62.2. The minimum absolute atomic E-state index is 0.0186. The quantitative estimate of drug-likeness (QED) is 0.0851. The highest BCUT2D eigenvalue weighted by Crippen LogP contribution is 2.39. The molecule has 0 amide bonds. The van der Waals surface area contributed by atoms with E-state index in [0.717, 1.165) is 29.3 Å². The van der Waals surface area contributed by atoms with Gasteiger partial charge in [-0.3, -0.25) is 4.57 Å². The second kappa shape index (κ2) is 14.2. The molecule has 0 aliphatic carbocycles. The molecule has 0 saturated heterocycles. The van der Waals surface area contributed by atoms with Crippen LogP contribution in [0.3, 0.4) is 0 Å². The summed E-state index contributed by atoms with van der Waals surface area (Å²) in [5, 5.41) is 1.20. The number of nitrogens with zero attached hydrogens (tertiary/aromatic N) is 2. The van der Waals surface area contributed by atoms with Gasteiger partial charge in [0, 0.05) is 39.1 Å². The van der Waals surface area contributed by atoms with E-state index in [1.165, 1.54) is 30.0 Å². The van der Waals surface area contributed by atoms with Crippen LogP contribution in [-0.2, 0) is 31.9 Å². The van der Waals surface area contributed by atoms with Gasteiger partial charge in [-0.1, -0.05) is 67.9 Å². The molecular weight excluding hydrogens is 677 g/mol. The van der Waals surface area contributed by atoms with Gasteiger partial charge >= 0.3 is 8.56 Å². The largest absolute Gasteiger partial charge is 0.411 e. The zero-order chi connectivity index (χ0) is 33.2. The van der Waals surface area contributed by atoms with Crippen LogP contribution in [0.25, 0.3) is 5.69 Å². The van der Waals surface area contributed by atoms with E-state index in [1.807, 2.05) is 23.6 Å². The molecule has 0 radical (unpaired) electrons. The van der Waals surface area contributed by atoms with Crippen LogP contribution in [0.4, 0.5) is 8.78 Å². The smallest absolute Gasteiger partial charge is 0.329 e. The van der Waals surface area contributed by atoms with Gasteiger partial charge in [0.1, 0.15) is 11.6 Å². The Hall–Kier alpha value is -2.25. The highest BCUT2D eigenvalue weighted by Gasteiger charge is 2.30. The molecule has 3 aromatic carbocycles. The monoisotopic (exact) mass is 712 g/mol. The number of aromatic nitrogens is 2. The molecule has 1 aromatic heterocycles. The molecule has 1 N–H and O–H groups in total. The highest BCUT2D eigenvalue weighted by molar-refractivity contribution is 7.98. The number of rotatable bonds is 13. The summed E-state index contributed by atoms with van der Waals surface area (Å²) in [5.41, 5.74) is 3.12. The number of aryl methyl sites for hydroxylation is 1. The first-order valence-electron chi connectivity index (χ1n) is 14.4. The van der Waals surface area contributed by atoms with Crippen molar-refractivity contribution in [1.82, 2.24) is 9.55 Å². The van der Waals surface area contributed by atoms with E-state index < -0.39 is 29.6 Å². The van der Waals surface area contributed by atoms with Gasteiger partial charge in [0.25, 0.3) is 0 Å². The fourth-order valence-corrected chi connectivity index (χ4v) is 8.48. The lowest BCUT2D eigenvalue weighted by Crippen LogP contribution is -2.30. The van der Waals surface area contributed by atoms with Crippen LogP contribution >= 0.6 is 35.0 Å². The van der Waals surface area contributed by atoms with Crippen molar-refractivity contribution in [2.75, 3.05) is 12.4 Å². The number of hydrogen-bond donors (Lipinski definition) is 1. The van der Waals surface area contributed by atoms with E-state index in [2.05, 4.69) is 24.9 Å². The minimum Gasteiger partial charge on any atom is -0.411 e. The van der Waals surface area contributed by atoms with E-state index in [9.17, 15) is 17.6 Å². The maximum absolute atomic E-state index is 15.4. The molecule has 1 heterocycles. The molecule has 0 aliphatic rings. The number of benzene rings is 3. The Morgan fingerprint density at radius 2 is 1.73 bits per heavy atom. The third-order valence-corrected chi connectivity index (χ3v) is 11.8. The molecule has 0 spiro atoms. The molecule has 4 rings (SSSR count). The summed E-state index contributed by atoms with van der Waals surface area (Å²) in [6.07, 6.45) is 2.67. The lowest BCUT2D eigenvalue weighted by atomic mass is 9.80. The molecule has 4 aromatic rings. The molecule has 45 heavy (non-hydrogen) atoms. The second-order valence-electron chi connectivity index (χ2n) is 11.6. The van der Waals surface area contributed by atoms with Crippen LogP contribution in [0, 0.1) is 11.6 Å². The van der Waals surface area contributed by atoms with E-state index in [4.69, 9.17) is 27.6 Å². The summed E-state index contributed by atoms with van der Waals surface area (Å²) in [7, 11) is -6.60. The molecule has 242 valence electrons. The summed E-state index contributed by atoms with van der Waals surface area (Å²) in [6, 6.07) is 14.2. The van der Waals surface area contributed by atoms with E-state index in [0.29, 0.717) is 15.9 Å². The van der Waals surface area contributed by atoms with Gasteiger partial charge in [-0.15, -0.1) is 0 Å². The summed E-state index contributed by atoms with van der Waals surface area (Å²) in [4.78, 5) is 14.2. The van der Waals surface area contributed by atoms with Crippen molar-refractivity contribution in [3.05, 3.63) is 105 Å². The van der Waals surface area contributed by atoms with Gasteiger partial charge in [-0.2, -0.15) is 0 Å². The summed E-state index contributed by atoms with van der Waals surface area (Å²) in [5.74, 6) is -1.34. The zero-order valence-electron chi connectivity index (χ0n) is 25.7. The third kappa shape index (κ3) is 8.57. The molecule has 0 atom stereocenters. The van der Waals surface area contributed by atoms with Crippen molar-refractivity contribution in [1.29, 1.82) is 0 Å². The topological polar surface area (TPSA) is 81.4 Å². The number of thioether (sulfide) groups is 1. The van der Waals surface area contributed by atoms with Crippen molar-refractivity contribution in [3.63, 3.8) is 0 Å². The minimum atomic E-state index is -3.83. The van der Waals surface area contributed by atoms with E-state index in [1.54, 1.807) is 31.4 Å². The highest BCUT2D eigenvalue weighted by atomic mass is 35.5. The van der Waals surface area contributed by atoms with Crippen LogP contribution in [0.2, 0.25) is 23.1 Å². The molecule has 0 unspecified atom stereocenters. The maximum atomic E-state index is 15.4. The number of hydrogen-bond acceptors (Lipinski definition) is 6. The van der Waals surface area contributed by atoms with Crippen LogP contribution in [-0.4, -0.2) is 43.7 Å². The lowest BCUT2D eigenvalue weighted by molar-refractivity contribution is 0.242. The number of imidazole rings is 1. The summed E-state index contributed by atoms with van der Waals surface area (Å²) >= 11 is 14.1. The Morgan fingerprint density at radius 1 is 1.04 bits per heavy atom. The first-order valence-corrected chi connectivity index (χ1v) is 20.6. The van der Waals surface area contributed by atoms with Crippen molar-refractivity contribution >= 4 is 53.4 Å². The van der Waals surface area contributed by atoms with Gasteiger partial charge in [0.05, 0.1) is 22.5 Å². The van der Waals surface area contributed by atoms with Gasteiger partial charge in [-0.25, -0.2) is 22.2 Å². The van der Waals surface area contributed by atoms with Crippen LogP contribution in [0.15, 0.2) is 70.8 Å². The molecule has 0 aliphatic heterocycles. The normalized spacial score (nSPS) is 12.6. The second-order valence-corrected chi connectivity index (χ2v) is 18.7. The molecule has 0 bridgehead atoms. The Labute approximate surface area is 278 Å². The van der Waals surface area contributed by atoms with Crippen molar-refractivity contribution in [2.45, 2.75) is 67.9 Å². The Morgan fingerprint density at radius 3 is 2.36 bits per heavy atom. The van der Waals surface area contributed by atoms with Crippen LogP contribution in [0.1, 0.15) is 49.6 Å². The maximum Gasteiger partial charge on any atom is 0.329 e. The Balaban J connectivity index is 1.64. The van der Waals surface area contributed by atoms with E-state index in [-0.39, 0.29) is 45.8 Å².